The SMILES string of the molecule is COc1cc2c(cc1-c1cncc(C(N)=O)c1)-c1c(c(C(=O)N3CCOCC3(C)C)nn1CC(C)C)CC2. The van der Waals surface area contributed by atoms with E-state index in [-0.39, 0.29) is 5.91 Å². The first kappa shape index (κ1) is 25.9. The van der Waals surface area contributed by atoms with Crippen molar-refractivity contribution in [1.29, 1.82) is 0 Å². The molecule has 0 atom stereocenters. The van der Waals surface area contributed by atoms with Gasteiger partial charge in [0.1, 0.15) is 5.75 Å². The smallest absolute Gasteiger partial charge is 0.275 e. The number of hydrogen-bond donors (Lipinski definition) is 1. The average Bonchev–Trinajstić information content (AvgIpc) is 3.25. The first-order chi connectivity index (χ1) is 18.1. The average molecular weight is 518 g/mol. The van der Waals surface area contributed by atoms with Gasteiger partial charge in [-0.2, -0.15) is 5.10 Å². The number of carbonyl (C=O) groups is 2. The zero-order valence-corrected chi connectivity index (χ0v) is 22.7. The number of rotatable bonds is 6. The Hall–Kier alpha value is -3.72. The number of primary amides is 1. The van der Waals surface area contributed by atoms with E-state index in [9.17, 15) is 9.59 Å². The molecule has 1 aliphatic carbocycles. The van der Waals surface area contributed by atoms with Gasteiger partial charge in [0.2, 0.25) is 5.91 Å². The molecule has 9 nitrogen and oxygen atoms in total. The van der Waals surface area contributed by atoms with Crippen LogP contribution in [0.2, 0.25) is 0 Å². The third-order valence-electron chi connectivity index (χ3n) is 7.34. The molecule has 5 rings (SSSR count). The van der Waals surface area contributed by atoms with E-state index in [2.05, 4.69) is 24.9 Å². The van der Waals surface area contributed by atoms with Gasteiger partial charge in [0.05, 0.1) is 37.1 Å². The minimum Gasteiger partial charge on any atom is -0.496 e. The molecule has 2 aromatic heterocycles. The minimum atomic E-state index is -0.539. The molecule has 3 heterocycles. The second-order valence-corrected chi connectivity index (χ2v) is 11.1. The van der Waals surface area contributed by atoms with E-state index in [4.69, 9.17) is 20.3 Å². The number of hydrogen-bond acceptors (Lipinski definition) is 6. The van der Waals surface area contributed by atoms with Crippen molar-refractivity contribution in [3.8, 4) is 28.1 Å². The summed E-state index contributed by atoms with van der Waals surface area (Å²) in [5.74, 6) is 0.439. The molecule has 3 aromatic rings. The molecule has 1 saturated heterocycles. The van der Waals surface area contributed by atoms with Gasteiger partial charge in [-0.05, 0) is 56.4 Å². The van der Waals surface area contributed by atoms with Crippen molar-refractivity contribution < 1.29 is 19.1 Å². The van der Waals surface area contributed by atoms with Crippen LogP contribution in [0, 0.1) is 5.92 Å². The molecule has 1 aliphatic heterocycles. The van der Waals surface area contributed by atoms with E-state index in [1.54, 1.807) is 19.4 Å². The van der Waals surface area contributed by atoms with E-state index >= 15 is 0 Å². The van der Waals surface area contributed by atoms with Gasteiger partial charge < -0.3 is 20.1 Å². The van der Waals surface area contributed by atoms with Gasteiger partial charge in [0.25, 0.3) is 5.91 Å². The lowest BCUT2D eigenvalue weighted by molar-refractivity contribution is -0.0374. The molecule has 0 saturated carbocycles. The minimum absolute atomic E-state index is 0.0485. The van der Waals surface area contributed by atoms with Crippen LogP contribution in [0.5, 0.6) is 5.75 Å². The first-order valence-corrected chi connectivity index (χ1v) is 13.1. The number of fused-ring (bicyclic) bond motifs is 3. The standard InChI is InChI=1S/C29H35N5O4/c1-17(2)15-34-26-21(25(32-34)28(36)33-8-9-38-16-29(33,3)4)7-6-18-11-24(37-5)22(12-23(18)26)19-10-20(27(30)35)14-31-13-19/h10-14,17H,6-9,15-16H2,1-5H3,(H2,30,35). The van der Waals surface area contributed by atoms with Crippen molar-refractivity contribution in [3.05, 3.63) is 53.0 Å². The van der Waals surface area contributed by atoms with Gasteiger partial charge in [-0.3, -0.25) is 19.3 Å². The molecule has 9 heteroatoms. The summed E-state index contributed by atoms with van der Waals surface area (Å²) in [7, 11) is 1.63. The van der Waals surface area contributed by atoms with Crippen molar-refractivity contribution >= 4 is 11.8 Å². The Kier molecular flexibility index (Phi) is 6.73. The van der Waals surface area contributed by atoms with Crippen molar-refractivity contribution in [2.24, 2.45) is 11.7 Å². The summed E-state index contributed by atoms with van der Waals surface area (Å²) in [5.41, 5.74) is 11.6. The van der Waals surface area contributed by atoms with Crippen LogP contribution in [0.1, 0.15) is 59.7 Å². The van der Waals surface area contributed by atoms with Crippen LogP contribution in [0.3, 0.4) is 0 Å². The molecule has 2 N–H and O–H groups in total. The number of aryl methyl sites for hydroxylation is 1. The van der Waals surface area contributed by atoms with Crippen molar-refractivity contribution in [1.82, 2.24) is 19.7 Å². The second kappa shape index (κ2) is 9.87. The monoisotopic (exact) mass is 517 g/mol. The molecule has 2 amide bonds. The quantitative estimate of drug-likeness (QED) is 0.533. The highest BCUT2D eigenvalue weighted by Crippen LogP contribution is 2.42. The molecular weight excluding hydrogens is 482 g/mol. The van der Waals surface area contributed by atoms with E-state index in [1.807, 2.05) is 29.5 Å². The van der Waals surface area contributed by atoms with E-state index in [1.165, 1.54) is 6.20 Å². The van der Waals surface area contributed by atoms with Crippen LogP contribution in [-0.2, 0) is 24.1 Å². The van der Waals surface area contributed by atoms with E-state index in [0.29, 0.717) is 55.6 Å². The van der Waals surface area contributed by atoms with Crippen LogP contribution in [-0.4, -0.2) is 63.9 Å². The zero-order valence-electron chi connectivity index (χ0n) is 22.7. The molecular formula is C29H35N5O4. The number of carbonyl (C=O) groups excluding carboxylic acids is 2. The number of aromatic nitrogens is 3. The second-order valence-electron chi connectivity index (χ2n) is 11.1. The van der Waals surface area contributed by atoms with Gasteiger partial charge in [0.15, 0.2) is 5.69 Å². The van der Waals surface area contributed by atoms with Gasteiger partial charge in [-0.25, -0.2) is 0 Å². The number of amides is 2. The Balaban J connectivity index is 1.67. The van der Waals surface area contributed by atoms with Gasteiger partial charge in [-0.15, -0.1) is 0 Å². The lowest BCUT2D eigenvalue weighted by Crippen LogP contribution is -2.55. The number of nitrogens with two attached hydrogens (primary N) is 1. The zero-order chi connectivity index (χ0) is 27.2. The molecule has 1 fully saturated rings. The van der Waals surface area contributed by atoms with E-state index < -0.39 is 11.4 Å². The molecule has 2 aliphatic rings. The summed E-state index contributed by atoms with van der Waals surface area (Å²) in [6.07, 6.45) is 4.63. The maximum Gasteiger partial charge on any atom is 0.275 e. The Morgan fingerprint density at radius 1 is 1.16 bits per heavy atom. The lowest BCUT2D eigenvalue weighted by Gasteiger charge is -2.41. The summed E-state index contributed by atoms with van der Waals surface area (Å²) in [6, 6.07) is 5.84. The predicted molar refractivity (Wildman–Crippen MR) is 144 cm³/mol. The number of methoxy groups -OCH3 is 1. The third-order valence-corrected chi connectivity index (χ3v) is 7.34. The topological polar surface area (TPSA) is 113 Å². The third kappa shape index (κ3) is 4.55. The van der Waals surface area contributed by atoms with Crippen LogP contribution in [0.15, 0.2) is 30.6 Å². The Bertz CT molecular complexity index is 1410. The normalized spacial score (nSPS) is 16.2. The summed E-state index contributed by atoms with van der Waals surface area (Å²) < 4.78 is 13.4. The van der Waals surface area contributed by atoms with Gasteiger partial charge in [0, 0.05) is 47.7 Å². The number of morpholine rings is 1. The summed E-state index contributed by atoms with van der Waals surface area (Å²) >= 11 is 0. The summed E-state index contributed by atoms with van der Waals surface area (Å²) in [6.45, 7) is 10.6. The van der Waals surface area contributed by atoms with Crippen molar-refractivity contribution in [2.45, 2.75) is 52.6 Å². The maximum atomic E-state index is 13.9. The Morgan fingerprint density at radius 2 is 1.95 bits per heavy atom. The van der Waals surface area contributed by atoms with Crippen LogP contribution in [0.4, 0.5) is 0 Å². The lowest BCUT2D eigenvalue weighted by atomic mass is 9.86. The predicted octanol–water partition coefficient (Wildman–Crippen LogP) is 3.73. The van der Waals surface area contributed by atoms with E-state index in [0.717, 1.165) is 39.9 Å². The largest absolute Gasteiger partial charge is 0.496 e. The summed E-state index contributed by atoms with van der Waals surface area (Å²) in [4.78, 5) is 31.9. The number of benzene rings is 1. The molecule has 1 aromatic carbocycles. The fraction of sp³-hybridized carbons (Fsp3) is 0.448. The number of ether oxygens (including phenoxy) is 2. The highest BCUT2D eigenvalue weighted by molar-refractivity contribution is 5.97. The maximum absolute atomic E-state index is 13.9. The molecule has 0 radical (unpaired) electrons. The van der Waals surface area contributed by atoms with Crippen LogP contribution >= 0.6 is 0 Å². The van der Waals surface area contributed by atoms with Crippen molar-refractivity contribution in [3.63, 3.8) is 0 Å². The number of nitrogens with zero attached hydrogens (tertiary/aromatic N) is 4. The first-order valence-electron chi connectivity index (χ1n) is 13.1. The molecule has 0 bridgehead atoms. The number of pyridine rings is 1. The Morgan fingerprint density at radius 3 is 2.63 bits per heavy atom. The van der Waals surface area contributed by atoms with Gasteiger partial charge >= 0.3 is 0 Å². The van der Waals surface area contributed by atoms with Gasteiger partial charge in [-0.1, -0.05) is 13.8 Å². The molecule has 38 heavy (non-hydrogen) atoms. The van der Waals surface area contributed by atoms with Crippen LogP contribution < -0.4 is 10.5 Å². The molecule has 200 valence electrons. The fourth-order valence-corrected chi connectivity index (χ4v) is 5.48. The molecule has 0 spiro atoms. The van der Waals surface area contributed by atoms with Crippen LogP contribution in [0.25, 0.3) is 22.4 Å². The Labute approximate surface area is 222 Å². The highest BCUT2D eigenvalue weighted by atomic mass is 16.5. The van der Waals surface area contributed by atoms with Crippen molar-refractivity contribution in [2.75, 3.05) is 26.9 Å². The summed E-state index contributed by atoms with van der Waals surface area (Å²) in [5, 5.41) is 4.93. The highest BCUT2D eigenvalue weighted by Gasteiger charge is 2.38. The fourth-order valence-electron chi connectivity index (χ4n) is 5.48. The molecule has 0 unspecified atom stereocenters.